The molecular formula is C22H26N2O6. The summed E-state index contributed by atoms with van der Waals surface area (Å²) in [5.74, 6) is 0.177. The molecule has 0 fully saturated rings. The van der Waals surface area contributed by atoms with Crippen molar-refractivity contribution in [3.8, 4) is 11.5 Å². The highest BCUT2D eigenvalue weighted by Gasteiger charge is 2.20. The largest absolute Gasteiger partial charge is 0.497 e. The minimum atomic E-state index is -0.527. The summed E-state index contributed by atoms with van der Waals surface area (Å²) in [6.45, 7) is 1.77. The van der Waals surface area contributed by atoms with E-state index in [2.05, 4.69) is 5.32 Å². The lowest BCUT2D eigenvalue weighted by molar-refractivity contribution is -0.141. The lowest BCUT2D eigenvalue weighted by atomic mass is 10.1. The fraction of sp³-hybridized carbons (Fsp3) is 0.318. The van der Waals surface area contributed by atoms with Crippen molar-refractivity contribution in [2.45, 2.75) is 20.0 Å². The van der Waals surface area contributed by atoms with Crippen LogP contribution < -0.4 is 14.8 Å². The van der Waals surface area contributed by atoms with Gasteiger partial charge in [-0.15, -0.1) is 0 Å². The van der Waals surface area contributed by atoms with E-state index in [-0.39, 0.29) is 24.9 Å². The maximum atomic E-state index is 13.1. The van der Waals surface area contributed by atoms with Gasteiger partial charge in [-0.1, -0.05) is 12.1 Å². The van der Waals surface area contributed by atoms with Crippen molar-refractivity contribution < 1.29 is 28.6 Å². The molecule has 0 aliphatic rings. The Bertz CT molecular complexity index is 873. The highest BCUT2D eigenvalue weighted by Crippen LogP contribution is 2.24. The van der Waals surface area contributed by atoms with Gasteiger partial charge in [-0.05, 0) is 35.4 Å². The number of hydrogen-bond donors (Lipinski definition) is 1. The van der Waals surface area contributed by atoms with Crippen LogP contribution in [0.3, 0.4) is 0 Å². The van der Waals surface area contributed by atoms with Gasteiger partial charge in [0.05, 0.1) is 21.3 Å². The molecule has 0 saturated carbocycles. The zero-order valence-corrected chi connectivity index (χ0v) is 17.6. The van der Waals surface area contributed by atoms with E-state index in [1.54, 1.807) is 56.7 Å². The first-order valence-electron chi connectivity index (χ1n) is 9.27. The molecule has 1 N–H and O–H groups in total. The molecule has 0 radical (unpaired) electrons. The van der Waals surface area contributed by atoms with Crippen LogP contribution in [-0.2, 0) is 27.4 Å². The molecule has 0 bridgehead atoms. The molecule has 8 heteroatoms. The van der Waals surface area contributed by atoms with Gasteiger partial charge >= 0.3 is 5.97 Å². The normalized spacial score (nSPS) is 10.1. The first kappa shape index (κ1) is 22.7. The Labute approximate surface area is 175 Å². The van der Waals surface area contributed by atoms with Gasteiger partial charge in [0.25, 0.3) is 5.91 Å². The molecule has 0 aliphatic carbocycles. The average Bonchev–Trinajstić information content (AvgIpc) is 2.76. The van der Waals surface area contributed by atoms with Crippen LogP contribution in [0.2, 0.25) is 0 Å². The second kappa shape index (κ2) is 10.8. The van der Waals surface area contributed by atoms with E-state index in [1.165, 1.54) is 18.9 Å². The number of nitrogens with one attached hydrogen (secondary N) is 1. The minimum absolute atomic E-state index is 0.131. The third kappa shape index (κ3) is 6.51. The summed E-state index contributed by atoms with van der Waals surface area (Å²) in [6.07, 6.45) is 0. The minimum Gasteiger partial charge on any atom is -0.497 e. The molecule has 2 rings (SSSR count). The van der Waals surface area contributed by atoms with Gasteiger partial charge in [0.2, 0.25) is 5.91 Å². The SMILES string of the molecule is COC(=O)CN(Cc1cc(OC)cc(OC)c1)C(=O)c1ccc(CNC(C)=O)cc1. The van der Waals surface area contributed by atoms with Gasteiger partial charge in [0.15, 0.2) is 0 Å². The van der Waals surface area contributed by atoms with Gasteiger partial charge in [-0.2, -0.15) is 0 Å². The number of amides is 2. The van der Waals surface area contributed by atoms with Crippen LogP contribution >= 0.6 is 0 Å². The molecule has 30 heavy (non-hydrogen) atoms. The predicted octanol–water partition coefficient (Wildman–Crippen LogP) is 2.16. The molecule has 0 heterocycles. The van der Waals surface area contributed by atoms with Crippen LogP contribution in [0.5, 0.6) is 11.5 Å². The van der Waals surface area contributed by atoms with Crippen LogP contribution in [0, 0.1) is 0 Å². The molecule has 160 valence electrons. The Kier molecular flexibility index (Phi) is 8.22. The Morgan fingerprint density at radius 1 is 0.900 bits per heavy atom. The summed E-state index contributed by atoms with van der Waals surface area (Å²) >= 11 is 0. The van der Waals surface area contributed by atoms with Crippen LogP contribution in [0.15, 0.2) is 42.5 Å². The number of esters is 1. The Morgan fingerprint density at radius 3 is 2.00 bits per heavy atom. The van der Waals surface area contributed by atoms with E-state index in [0.717, 1.165) is 11.1 Å². The van der Waals surface area contributed by atoms with Crippen molar-refractivity contribution in [2.75, 3.05) is 27.9 Å². The molecule has 2 aromatic carbocycles. The van der Waals surface area contributed by atoms with E-state index in [1.807, 2.05) is 0 Å². The van der Waals surface area contributed by atoms with Crippen LogP contribution in [-0.4, -0.2) is 50.6 Å². The molecule has 0 spiro atoms. The van der Waals surface area contributed by atoms with E-state index in [0.29, 0.717) is 23.6 Å². The Balaban J connectivity index is 2.24. The number of carbonyl (C=O) groups is 3. The highest BCUT2D eigenvalue weighted by atomic mass is 16.5. The number of ether oxygens (including phenoxy) is 3. The summed E-state index contributed by atoms with van der Waals surface area (Å²) in [6, 6.07) is 12.1. The third-order valence-electron chi connectivity index (χ3n) is 4.36. The summed E-state index contributed by atoms with van der Waals surface area (Å²) in [7, 11) is 4.35. The topological polar surface area (TPSA) is 94.2 Å². The molecule has 0 unspecified atom stereocenters. The third-order valence-corrected chi connectivity index (χ3v) is 4.36. The average molecular weight is 414 g/mol. The van der Waals surface area contributed by atoms with Gasteiger partial charge in [0, 0.05) is 31.6 Å². The van der Waals surface area contributed by atoms with Crippen LogP contribution in [0.4, 0.5) is 0 Å². The van der Waals surface area contributed by atoms with Crippen molar-refractivity contribution in [2.24, 2.45) is 0 Å². The standard InChI is InChI=1S/C22H26N2O6/c1-15(25)23-12-16-5-7-18(8-6-16)22(27)24(14-21(26)30-4)13-17-9-19(28-2)11-20(10-17)29-3/h5-11H,12-14H2,1-4H3,(H,23,25). The number of rotatable bonds is 9. The van der Waals surface area contributed by atoms with Crippen LogP contribution in [0.1, 0.15) is 28.4 Å². The molecular weight excluding hydrogens is 388 g/mol. The number of methoxy groups -OCH3 is 3. The smallest absolute Gasteiger partial charge is 0.325 e. The molecule has 0 atom stereocenters. The van der Waals surface area contributed by atoms with Gasteiger partial charge in [-0.25, -0.2) is 0 Å². The van der Waals surface area contributed by atoms with Crippen molar-refractivity contribution in [1.82, 2.24) is 10.2 Å². The van der Waals surface area contributed by atoms with Gasteiger partial charge in [0.1, 0.15) is 18.0 Å². The number of hydrogen-bond acceptors (Lipinski definition) is 6. The molecule has 0 aromatic heterocycles. The second-order valence-electron chi connectivity index (χ2n) is 6.56. The van der Waals surface area contributed by atoms with E-state index >= 15 is 0 Å². The van der Waals surface area contributed by atoms with E-state index in [9.17, 15) is 14.4 Å². The van der Waals surface area contributed by atoms with Crippen molar-refractivity contribution in [1.29, 1.82) is 0 Å². The fourth-order valence-corrected chi connectivity index (χ4v) is 2.77. The summed E-state index contributed by atoms with van der Waals surface area (Å²) < 4.78 is 15.3. The van der Waals surface area contributed by atoms with E-state index < -0.39 is 5.97 Å². The fourth-order valence-electron chi connectivity index (χ4n) is 2.77. The lowest BCUT2D eigenvalue weighted by Gasteiger charge is -2.22. The summed E-state index contributed by atoms with van der Waals surface area (Å²) in [5.41, 5.74) is 2.02. The molecule has 8 nitrogen and oxygen atoms in total. The maximum absolute atomic E-state index is 13.1. The predicted molar refractivity (Wildman–Crippen MR) is 110 cm³/mol. The zero-order valence-electron chi connectivity index (χ0n) is 17.6. The Hall–Kier alpha value is -3.55. The van der Waals surface area contributed by atoms with Crippen molar-refractivity contribution in [3.05, 3.63) is 59.2 Å². The van der Waals surface area contributed by atoms with Gasteiger partial charge < -0.3 is 24.4 Å². The maximum Gasteiger partial charge on any atom is 0.325 e. The zero-order chi connectivity index (χ0) is 22.1. The van der Waals surface area contributed by atoms with Crippen molar-refractivity contribution in [3.63, 3.8) is 0 Å². The second-order valence-corrected chi connectivity index (χ2v) is 6.56. The number of carbonyl (C=O) groups excluding carboxylic acids is 3. The summed E-state index contributed by atoms with van der Waals surface area (Å²) in [4.78, 5) is 37.4. The quantitative estimate of drug-likeness (QED) is 0.632. The van der Waals surface area contributed by atoms with Crippen LogP contribution in [0.25, 0.3) is 0 Å². The highest BCUT2D eigenvalue weighted by molar-refractivity contribution is 5.96. The molecule has 2 aromatic rings. The summed E-state index contributed by atoms with van der Waals surface area (Å²) in [5, 5.41) is 2.70. The number of nitrogens with zero attached hydrogens (tertiary/aromatic N) is 1. The lowest BCUT2D eigenvalue weighted by Crippen LogP contribution is -2.35. The Morgan fingerprint density at radius 2 is 1.50 bits per heavy atom. The first-order chi connectivity index (χ1) is 14.4. The first-order valence-corrected chi connectivity index (χ1v) is 9.27. The molecule has 0 saturated heterocycles. The molecule has 0 aliphatic heterocycles. The number of benzene rings is 2. The molecule has 2 amide bonds. The van der Waals surface area contributed by atoms with Crippen molar-refractivity contribution >= 4 is 17.8 Å². The van der Waals surface area contributed by atoms with Gasteiger partial charge in [-0.3, -0.25) is 14.4 Å². The van der Waals surface area contributed by atoms with E-state index in [4.69, 9.17) is 14.2 Å². The monoisotopic (exact) mass is 414 g/mol.